The lowest BCUT2D eigenvalue weighted by Gasteiger charge is -2.20. The Morgan fingerprint density at radius 3 is 2.40 bits per heavy atom. The Morgan fingerprint density at radius 1 is 1.24 bits per heavy atom. The summed E-state index contributed by atoms with van der Waals surface area (Å²) in [5, 5.41) is 6.48. The molecule has 0 radical (unpaired) electrons. The van der Waals surface area contributed by atoms with Crippen LogP contribution in [-0.2, 0) is 9.84 Å². The molecule has 0 aliphatic heterocycles. The second-order valence-electron chi connectivity index (χ2n) is 5.53. The van der Waals surface area contributed by atoms with E-state index in [4.69, 9.17) is 23.8 Å². The Bertz CT molecular complexity index is 871. The normalized spacial score (nSPS) is 12.5. The van der Waals surface area contributed by atoms with Gasteiger partial charge in [-0.05, 0) is 54.5 Å². The second-order valence-corrected chi connectivity index (χ2v) is 8.36. The summed E-state index contributed by atoms with van der Waals surface area (Å²) in [6.07, 6.45) is 1.91. The molecule has 0 saturated carbocycles. The van der Waals surface area contributed by atoms with Gasteiger partial charge in [0, 0.05) is 11.9 Å². The first kappa shape index (κ1) is 19.6. The van der Waals surface area contributed by atoms with Gasteiger partial charge < -0.3 is 10.6 Å². The molecule has 0 bridgehead atoms. The fraction of sp³-hybridized carbons (Fsp3) is 0.235. The van der Waals surface area contributed by atoms with Crippen molar-refractivity contribution in [1.29, 1.82) is 0 Å². The van der Waals surface area contributed by atoms with Crippen molar-refractivity contribution in [3.05, 3.63) is 58.9 Å². The lowest BCUT2D eigenvalue weighted by Crippen LogP contribution is -2.32. The van der Waals surface area contributed by atoms with Gasteiger partial charge in [-0.15, -0.1) is 0 Å². The maximum absolute atomic E-state index is 13.2. The molecule has 134 valence electrons. The van der Waals surface area contributed by atoms with Crippen LogP contribution in [0, 0.1) is 5.82 Å². The topological polar surface area (TPSA) is 58.2 Å². The van der Waals surface area contributed by atoms with Crippen LogP contribution in [0.3, 0.4) is 0 Å². The zero-order valence-electron chi connectivity index (χ0n) is 13.7. The number of hydrogen-bond acceptors (Lipinski definition) is 3. The van der Waals surface area contributed by atoms with E-state index in [1.54, 1.807) is 24.3 Å². The number of sulfone groups is 1. The van der Waals surface area contributed by atoms with Gasteiger partial charge in [-0.1, -0.05) is 30.7 Å². The highest BCUT2D eigenvalue weighted by Crippen LogP contribution is 2.21. The molecule has 2 rings (SSSR count). The molecule has 0 saturated heterocycles. The van der Waals surface area contributed by atoms with Crippen molar-refractivity contribution >= 4 is 44.5 Å². The van der Waals surface area contributed by atoms with Crippen LogP contribution >= 0.6 is 23.8 Å². The molecular weight excluding hydrogens is 383 g/mol. The van der Waals surface area contributed by atoms with Crippen LogP contribution in [0.25, 0.3) is 0 Å². The summed E-state index contributed by atoms with van der Waals surface area (Å²) < 4.78 is 36.3. The van der Waals surface area contributed by atoms with Crippen LogP contribution in [0.15, 0.2) is 47.4 Å². The van der Waals surface area contributed by atoms with Crippen LogP contribution < -0.4 is 10.6 Å². The van der Waals surface area contributed by atoms with Crippen molar-refractivity contribution in [2.45, 2.75) is 24.3 Å². The maximum atomic E-state index is 13.2. The fourth-order valence-electron chi connectivity index (χ4n) is 2.27. The van der Waals surface area contributed by atoms with E-state index in [0.29, 0.717) is 10.8 Å². The molecule has 25 heavy (non-hydrogen) atoms. The summed E-state index contributed by atoms with van der Waals surface area (Å²) in [6, 6.07) is 10.8. The lowest BCUT2D eigenvalue weighted by molar-refractivity contribution is 0.601. The molecule has 2 N–H and O–H groups in total. The van der Waals surface area contributed by atoms with Gasteiger partial charge in [-0.2, -0.15) is 0 Å². The summed E-state index contributed by atoms with van der Waals surface area (Å²) >= 11 is 11.0. The molecule has 4 nitrogen and oxygen atoms in total. The predicted molar refractivity (Wildman–Crippen MR) is 103 cm³/mol. The number of halogens is 2. The van der Waals surface area contributed by atoms with Gasteiger partial charge in [0.05, 0.1) is 16.0 Å². The molecule has 0 fully saturated rings. The molecule has 0 aromatic heterocycles. The van der Waals surface area contributed by atoms with Crippen molar-refractivity contribution in [2.75, 3.05) is 11.6 Å². The fourth-order valence-corrected chi connectivity index (χ4v) is 3.34. The standard InChI is InChI=1S/C17H18ClFN2O2S2/c1-3-16(11-4-7-13(8-5-11)25(2,22)23)21-17(24)20-12-6-9-15(19)14(18)10-12/h4-10,16H,3H2,1-2H3,(H2,20,21,24). The van der Waals surface area contributed by atoms with E-state index in [2.05, 4.69) is 10.6 Å². The summed E-state index contributed by atoms with van der Waals surface area (Å²) in [7, 11) is -3.23. The molecule has 1 unspecified atom stereocenters. The number of nitrogens with one attached hydrogen (secondary N) is 2. The average Bonchev–Trinajstić information content (AvgIpc) is 2.55. The van der Waals surface area contributed by atoms with Crippen LogP contribution in [0.5, 0.6) is 0 Å². The number of benzene rings is 2. The largest absolute Gasteiger partial charge is 0.356 e. The van der Waals surface area contributed by atoms with Gasteiger partial charge in [0.1, 0.15) is 5.82 Å². The highest BCUT2D eigenvalue weighted by Gasteiger charge is 2.13. The first-order valence-corrected chi connectivity index (χ1v) is 10.2. The SMILES string of the molecule is CCC(NC(=S)Nc1ccc(F)c(Cl)c1)c1ccc(S(C)(=O)=O)cc1. The van der Waals surface area contributed by atoms with E-state index in [0.717, 1.165) is 12.0 Å². The van der Waals surface area contributed by atoms with Gasteiger partial charge >= 0.3 is 0 Å². The molecule has 2 aromatic rings. The third-order valence-electron chi connectivity index (χ3n) is 3.60. The van der Waals surface area contributed by atoms with E-state index in [9.17, 15) is 12.8 Å². The number of hydrogen-bond donors (Lipinski definition) is 2. The molecule has 0 aliphatic rings. The molecule has 2 aromatic carbocycles. The maximum Gasteiger partial charge on any atom is 0.175 e. The quantitative estimate of drug-likeness (QED) is 0.732. The summed E-state index contributed by atoms with van der Waals surface area (Å²) in [5.74, 6) is -0.497. The van der Waals surface area contributed by atoms with Crippen molar-refractivity contribution in [3.63, 3.8) is 0 Å². The molecule has 8 heteroatoms. The van der Waals surface area contributed by atoms with E-state index >= 15 is 0 Å². The van der Waals surface area contributed by atoms with Crippen molar-refractivity contribution in [1.82, 2.24) is 5.32 Å². The smallest absolute Gasteiger partial charge is 0.175 e. The molecular formula is C17H18ClFN2O2S2. The Morgan fingerprint density at radius 2 is 1.88 bits per heavy atom. The zero-order valence-corrected chi connectivity index (χ0v) is 16.1. The highest BCUT2D eigenvalue weighted by molar-refractivity contribution is 7.90. The van der Waals surface area contributed by atoms with Gasteiger partial charge in [0.2, 0.25) is 0 Å². The average molecular weight is 401 g/mol. The first-order chi connectivity index (χ1) is 11.7. The lowest BCUT2D eigenvalue weighted by atomic mass is 10.1. The zero-order chi connectivity index (χ0) is 18.6. The summed E-state index contributed by atoms with van der Waals surface area (Å²) in [4.78, 5) is 0.271. The van der Waals surface area contributed by atoms with Crippen molar-refractivity contribution < 1.29 is 12.8 Å². The Kier molecular flexibility index (Phi) is 6.37. The summed E-state index contributed by atoms with van der Waals surface area (Å²) in [5.41, 5.74) is 1.49. The van der Waals surface area contributed by atoms with Crippen LogP contribution in [0.4, 0.5) is 10.1 Å². The van der Waals surface area contributed by atoms with Gasteiger partial charge in [-0.25, -0.2) is 12.8 Å². The Hall–Kier alpha value is -1.70. The Balaban J connectivity index is 2.08. The number of rotatable bonds is 5. The van der Waals surface area contributed by atoms with Crippen molar-refractivity contribution in [2.24, 2.45) is 0 Å². The van der Waals surface area contributed by atoms with E-state index < -0.39 is 15.7 Å². The molecule has 0 spiro atoms. The minimum atomic E-state index is -3.23. The van der Waals surface area contributed by atoms with Crippen LogP contribution in [-0.4, -0.2) is 19.8 Å². The third-order valence-corrected chi connectivity index (χ3v) is 5.24. The minimum Gasteiger partial charge on any atom is -0.356 e. The van der Waals surface area contributed by atoms with Crippen molar-refractivity contribution in [3.8, 4) is 0 Å². The number of anilines is 1. The van der Waals surface area contributed by atoms with Crippen LogP contribution in [0.1, 0.15) is 24.9 Å². The van der Waals surface area contributed by atoms with Gasteiger partial charge in [-0.3, -0.25) is 0 Å². The highest BCUT2D eigenvalue weighted by atomic mass is 35.5. The van der Waals surface area contributed by atoms with E-state index in [1.165, 1.54) is 24.5 Å². The van der Waals surface area contributed by atoms with E-state index in [1.807, 2.05) is 6.92 Å². The van der Waals surface area contributed by atoms with Crippen LogP contribution in [0.2, 0.25) is 5.02 Å². The molecule has 0 heterocycles. The predicted octanol–water partition coefficient (Wildman–Crippen LogP) is 4.32. The molecule has 1 atom stereocenters. The van der Waals surface area contributed by atoms with E-state index in [-0.39, 0.29) is 16.0 Å². The first-order valence-electron chi connectivity index (χ1n) is 7.53. The molecule has 0 aliphatic carbocycles. The number of thiocarbonyl (C=S) groups is 1. The third kappa shape index (κ3) is 5.39. The monoisotopic (exact) mass is 400 g/mol. The second kappa shape index (κ2) is 8.12. The molecule has 0 amide bonds. The Labute approximate surface area is 157 Å². The van der Waals surface area contributed by atoms with Gasteiger partial charge in [0.15, 0.2) is 14.9 Å². The van der Waals surface area contributed by atoms with Gasteiger partial charge in [0.25, 0.3) is 0 Å². The minimum absolute atomic E-state index is 0.0104. The summed E-state index contributed by atoms with van der Waals surface area (Å²) in [6.45, 7) is 1.99.